The molecule has 0 saturated heterocycles. The molecule has 3 aromatic rings. The van der Waals surface area contributed by atoms with Crippen molar-refractivity contribution in [3.05, 3.63) is 65.4 Å². The SMILES string of the molecule is CCOc1ccccc1C1SCC(=O)Nc2c1c(C)nn2-c1ccc(OC)cc1. The molecule has 6 nitrogen and oxygen atoms in total. The topological polar surface area (TPSA) is 65.4 Å². The summed E-state index contributed by atoms with van der Waals surface area (Å²) in [5.41, 5.74) is 3.79. The number of carbonyl (C=O) groups is 1. The number of para-hydroxylation sites is 1. The molecule has 0 fully saturated rings. The van der Waals surface area contributed by atoms with Gasteiger partial charge in [-0.2, -0.15) is 5.10 Å². The molecular formula is C22H23N3O3S. The van der Waals surface area contributed by atoms with Gasteiger partial charge in [0, 0.05) is 11.1 Å². The van der Waals surface area contributed by atoms with Gasteiger partial charge < -0.3 is 14.8 Å². The summed E-state index contributed by atoms with van der Waals surface area (Å²) >= 11 is 1.59. The summed E-state index contributed by atoms with van der Waals surface area (Å²) in [6.45, 7) is 4.54. The lowest BCUT2D eigenvalue weighted by atomic mass is 10.0. The highest BCUT2D eigenvalue weighted by Crippen LogP contribution is 2.46. The maximum Gasteiger partial charge on any atom is 0.235 e. The van der Waals surface area contributed by atoms with Crippen LogP contribution < -0.4 is 14.8 Å². The summed E-state index contributed by atoms with van der Waals surface area (Å²) in [6.07, 6.45) is 0. The number of hydrogen-bond acceptors (Lipinski definition) is 5. The number of aryl methyl sites for hydroxylation is 1. The Hall–Kier alpha value is -2.93. The van der Waals surface area contributed by atoms with Gasteiger partial charge in [-0.3, -0.25) is 4.79 Å². The van der Waals surface area contributed by atoms with E-state index in [1.165, 1.54) is 0 Å². The van der Waals surface area contributed by atoms with Gasteiger partial charge in [0.1, 0.15) is 17.3 Å². The first-order chi connectivity index (χ1) is 14.1. The third-order valence-electron chi connectivity index (χ3n) is 4.83. The standard InChI is InChI=1S/C22H23N3O3S/c1-4-28-18-8-6-5-7-17(18)21-20-14(2)24-25(22(20)23-19(26)13-29-21)15-9-11-16(27-3)12-10-15/h5-12,21H,4,13H2,1-3H3,(H,23,26). The fourth-order valence-electron chi connectivity index (χ4n) is 3.52. The van der Waals surface area contributed by atoms with Gasteiger partial charge in [-0.05, 0) is 44.2 Å². The Morgan fingerprint density at radius 2 is 1.97 bits per heavy atom. The van der Waals surface area contributed by atoms with E-state index in [0.29, 0.717) is 18.2 Å². The summed E-state index contributed by atoms with van der Waals surface area (Å²) in [5, 5.41) is 7.75. The quantitative estimate of drug-likeness (QED) is 0.678. The second-order valence-corrected chi connectivity index (χ2v) is 7.76. The summed E-state index contributed by atoms with van der Waals surface area (Å²) < 4.78 is 12.9. The van der Waals surface area contributed by atoms with E-state index in [4.69, 9.17) is 14.6 Å². The highest BCUT2D eigenvalue weighted by molar-refractivity contribution is 8.00. The first kappa shape index (κ1) is 19.4. The number of nitrogens with zero attached hydrogens (tertiary/aromatic N) is 2. The lowest BCUT2D eigenvalue weighted by Gasteiger charge is -2.19. The van der Waals surface area contributed by atoms with E-state index in [0.717, 1.165) is 34.0 Å². The number of methoxy groups -OCH3 is 1. The normalized spacial score (nSPS) is 16.0. The number of ether oxygens (including phenoxy) is 2. The Kier molecular flexibility index (Phi) is 5.49. The van der Waals surface area contributed by atoms with Crippen LogP contribution in [0.5, 0.6) is 11.5 Å². The Morgan fingerprint density at radius 1 is 1.21 bits per heavy atom. The van der Waals surface area contributed by atoms with E-state index in [9.17, 15) is 4.79 Å². The molecule has 1 aliphatic rings. The van der Waals surface area contributed by atoms with Crippen LogP contribution in [0.2, 0.25) is 0 Å². The number of aromatic nitrogens is 2. The molecule has 0 bridgehead atoms. The number of thioether (sulfide) groups is 1. The lowest BCUT2D eigenvalue weighted by molar-refractivity contribution is -0.113. The molecule has 0 radical (unpaired) electrons. The molecule has 29 heavy (non-hydrogen) atoms. The van der Waals surface area contributed by atoms with E-state index < -0.39 is 0 Å². The van der Waals surface area contributed by atoms with Crippen LogP contribution in [0.1, 0.15) is 29.0 Å². The first-order valence-corrected chi connectivity index (χ1v) is 10.5. The van der Waals surface area contributed by atoms with Gasteiger partial charge in [0.15, 0.2) is 0 Å². The Labute approximate surface area is 174 Å². The zero-order valence-corrected chi connectivity index (χ0v) is 17.5. The molecule has 0 spiro atoms. The van der Waals surface area contributed by atoms with Gasteiger partial charge in [0.2, 0.25) is 5.91 Å². The van der Waals surface area contributed by atoms with Crippen molar-refractivity contribution >= 4 is 23.5 Å². The van der Waals surface area contributed by atoms with Gasteiger partial charge in [-0.15, -0.1) is 11.8 Å². The second kappa shape index (κ2) is 8.21. The van der Waals surface area contributed by atoms with Gasteiger partial charge in [-0.25, -0.2) is 4.68 Å². The number of fused-ring (bicyclic) bond motifs is 1. The van der Waals surface area contributed by atoms with Crippen LogP contribution in [0.3, 0.4) is 0 Å². The predicted octanol–water partition coefficient (Wildman–Crippen LogP) is 4.36. The molecular weight excluding hydrogens is 386 g/mol. The van der Waals surface area contributed by atoms with Crippen molar-refractivity contribution < 1.29 is 14.3 Å². The molecule has 1 atom stereocenters. The third kappa shape index (κ3) is 3.70. The zero-order valence-electron chi connectivity index (χ0n) is 16.6. The monoisotopic (exact) mass is 409 g/mol. The molecule has 150 valence electrons. The van der Waals surface area contributed by atoms with Crippen LogP contribution in [0, 0.1) is 6.92 Å². The minimum Gasteiger partial charge on any atom is -0.497 e. The number of rotatable bonds is 5. The van der Waals surface area contributed by atoms with Crippen molar-refractivity contribution in [2.75, 3.05) is 24.8 Å². The Morgan fingerprint density at radius 3 is 2.69 bits per heavy atom. The number of carbonyl (C=O) groups excluding carboxylic acids is 1. The maximum atomic E-state index is 12.5. The fourth-order valence-corrected chi connectivity index (χ4v) is 4.74. The Balaban J connectivity index is 1.86. The van der Waals surface area contributed by atoms with Crippen LogP contribution in [0.15, 0.2) is 48.5 Å². The second-order valence-electron chi connectivity index (χ2n) is 6.67. The highest BCUT2D eigenvalue weighted by Gasteiger charge is 2.32. The molecule has 1 amide bonds. The molecule has 0 saturated carbocycles. The molecule has 4 rings (SSSR count). The molecule has 2 heterocycles. The lowest BCUT2D eigenvalue weighted by Crippen LogP contribution is -2.15. The number of hydrogen-bond donors (Lipinski definition) is 1. The van der Waals surface area contributed by atoms with Gasteiger partial charge in [-0.1, -0.05) is 18.2 Å². The molecule has 7 heteroatoms. The molecule has 1 aliphatic heterocycles. The van der Waals surface area contributed by atoms with Crippen molar-refractivity contribution in [3.8, 4) is 17.2 Å². The van der Waals surface area contributed by atoms with Crippen LogP contribution in [-0.4, -0.2) is 35.2 Å². The van der Waals surface area contributed by atoms with Gasteiger partial charge >= 0.3 is 0 Å². The Bertz CT molecular complexity index is 1030. The highest BCUT2D eigenvalue weighted by atomic mass is 32.2. The molecule has 0 aliphatic carbocycles. The molecule has 1 unspecified atom stereocenters. The predicted molar refractivity (Wildman–Crippen MR) is 115 cm³/mol. The molecule has 1 aromatic heterocycles. The minimum absolute atomic E-state index is 0.0395. The van der Waals surface area contributed by atoms with E-state index in [1.54, 1.807) is 23.6 Å². The summed E-state index contributed by atoms with van der Waals surface area (Å²) in [5.74, 6) is 2.64. The third-order valence-corrected chi connectivity index (χ3v) is 6.08. The maximum absolute atomic E-state index is 12.5. The van der Waals surface area contributed by atoms with E-state index in [2.05, 4.69) is 11.4 Å². The minimum atomic E-state index is -0.0568. The number of benzene rings is 2. The van der Waals surface area contributed by atoms with Crippen molar-refractivity contribution in [1.82, 2.24) is 9.78 Å². The largest absolute Gasteiger partial charge is 0.497 e. The average Bonchev–Trinajstić information content (AvgIpc) is 2.94. The molecule has 2 aromatic carbocycles. The number of anilines is 1. The fraction of sp³-hybridized carbons (Fsp3) is 0.273. The van der Waals surface area contributed by atoms with E-state index in [1.807, 2.05) is 56.3 Å². The van der Waals surface area contributed by atoms with E-state index >= 15 is 0 Å². The zero-order chi connectivity index (χ0) is 20.4. The van der Waals surface area contributed by atoms with Gasteiger partial charge in [0.25, 0.3) is 0 Å². The average molecular weight is 410 g/mol. The summed E-state index contributed by atoms with van der Waals surface area (Å²) in [6, 6.07) is 15.6. The van der Waals surface area contributed by atoms with Crippen molar-refractivity contribution in [1.29, 1.82) is 0 Å². The molecule has 1 N–H and O–H groups in total. The van der Waals surface area contributed by atoms with Crippen molar-refractivity contribution in [2.45, 2.75) is 19.1 Å². The first-order valence-electron chi connectivity index (χ1n) is 9.49. The van der Waals surface area contributed by atoms with Crippen LogP contribution >= 0.6 is 11.8 Å². The van der Waals surface area contributed by atoms with Crippen molar-refractivity contribution in [3.63, 3.8) is 0 Å². The van der Waals surface area contributed by atoms with Gasteiger partial charge in [0.05, 0.1) is 36.1 Å². The summed E-state index contributed by atoms with van der Waals surface area (Å²) in [7, 11) is 1.64. The number of nitrogens with one attached hydrogen (secondary N) is 1. The van der Waals surface area contributed by atoms with Crippen molar-refractivity contribution in [2.24, 2.45) is 0 Å². The van der Waals surface area contributed by atoms with E-state index in [-0.39, 0.29) is 11.2 Å². The van der Waals surface area contributed by atoms with Crippen LogP contribution in [-0.2, 0) is 4.79 Å². The number of amides is 1. The van der Waals surface area contributed by atoms with Crippen LogP contribution in [0.25, 0.3) is 5.69 Å². The smallest absolute Gasteiger partial charge is 0.235 e. The summed E-state index contributed by atoms with van der Waals surface area (Å²) in [4.78, 5) is 12.5. The van der Waals surface area contributed by atoms with Crippen LogP contribution in [0.4, 0.5) is 5.82 Å².